The summed E-state index contributed by atoms with van der Waals surface area (Å²) in [7, 11) is 0. The van der Waals surface area contributed by atoms with Crippen LogP contribution in [0.15, 0.2) is 18.2 Å². The topological polar surface area (TPSA) is 26.0 Å². The second-order valence-corrected chi connectivity index (χ2v) is 4.87. The van der Waals surface area contributed by atoms with E-state index in [1.807, 2.05) is 11.8 Å². The lowest BCUT2D eigenvalue weighted by Crippen LogP contribution is -2.14. The van der Waals surface area contributed by atoms with E-state index in [-0.39, 0.29) is 6.04 Å². The zero-order valence-corrected chi connectivity index (χ0v) is 10.0. The van der Waals surface area contributed by atoms with Crippen LogP contribution < -0.4 is 5.73 Å². The van der Waals surface area contributed by atoms with Crippen molar-refractivity contribution in [1.29, 1.82) is 0 Å². The van der Waals surface area contributed by atoms with E-state index in [4.69, 9.17) is 5.73 Å². The van der Waals surface area contributed by atoms with E-state index < -0.39 is 0 Å². The molecule has 0 aliphatic heterocycles. The third kappa shape index (κ3) is 2.76. The number of aryl methyl sites for hydroxylation is 1. The molecule has 0 amide bonds. The number of hydrogen-bond donors (Lipinski definition) is 1. The Balaban J connectivity index is 2.79. The van der Waals surface area contributed by atoms with E-state index in [0.717, 1.165) is 11.5 Å². The van der Waals surface area contributed by atoms with Crippen LogP contribution in [0.1, 0.15) is 29.7 Å². The highest BCUT2D eigenvalue weighted by molar-refractivity contribution is 7.99. The lowest BCUT2D eigenvalue weighted by atomic mass is 9.99. The quantitative estimate of drug-likeness (QED) is 0.825. The molecule has 0 heterocycles. The van der Waals surface area contributed by atoms with Gasteiger partial charge in [0, 0.05) is 11.8 Å². The van der Waals surface area contributed by atoms with Crippen LogP contribution in [0.3, 0.4) is 0 Å². The Kier molecular flexibility index (Phi) is 4.49. The molecule has 0 aliphatic carbocycles. The maximum absolute atomic E-state index is 6.13. The van der Waals surface area contributed by atoms with Gasteiger partial charge in [0.05, 0.1) is 0 Å². The highest BCUT2D eigenvalue weighted by Gasteiger charge is 2.09. The molecule has 1 rings (SSSR count). The van der Waals surface area contributed by atoms with Crippen molar-refractivity contribution in [3.05, 3.63) is 34.9 Å². The molecule has 0 spiro atoms. The second kappa shape index (κ2) is 5.42. The molecule has 14 heavy (non-hydrogen) atoms. The van der Waals surface area contributed by atoms with Gasteiger partial charge in [0.15, 0.2) is 0 Å². The van der Waals surface area contributed by atoms with Gasteiger partial charge in [0.1, 0.15) is 0 Å². The average molecular weight is 209 g/mol. The number of thioether (sulfide) groups is 1. The zero-order valence-electron chi connectivity index (χ0n) is 9.21. The molecule has 0 aromatic heterocycles. The Labute approximate surface area is 91.1 Å². The maximum Gasteiger partial charge on any atom is 0.0389 e. The maximum atomic E-state index is 6.13. The molecule has 1 atom stereocenters. The standard InChI is InChI=1S/C12H19NS/c1-4-14-8-12(13)11-7-5-6-9(2)10(11)3/h5-7,12H,4,8,13H2,1-3H3. The van der Waals surface area contributed by atoms with Crippen LogP contribution in [0.4, 0.5) is 0 Å². The number of nitrogens with two attached hydrogens (primary N) is 1. The lowest BCUT2D eigenvalue weighted by molar-refractivity contribution is 0.820. The largest absolute Gasteiger partial charge is 0.323 e. The molecule has 1 nitrogen and oxygen atoms in total. The number of rotatable bonds is 4. The van der Waals surface area contributed by atoms with Crippen molar-refractivity contribution in [3.63, 3.8) is 0 Å². The summed E-state index contributed by atoms with van der Waals surface area (Å²) in [6.45, 7) is 6.46. The van der Waals surface area contributed by atoms with Crippen molar-refractivity contribution in [2.24, 2.45) is 5.73 Å². The summed E-state index contributed by atoms with van der Waals surface area (Å²) in [6.07, 6.45) is 0. The van der Waals surface area contributed by atoms with Gasteiger partial charge in [-0.25, -0.2) is 0 Å². The van der Waals surface area contributed by atoms with Gasteiger partial charge in [-0.05, 0) is 36.3 Å². The monoisotopic (exact) mass is 209 g/mol. The number of benzene rings is 1. The summed E-state index contributed by atoms with van der Waals surface area (Å²) in [6, 6.07) is 6.55. The van der Waals surface area contributed by atoms with E-state index in [0.29, 0.717) is 0 Å². The van der Waals surface area contributed by atoms with E-state index >= 15 is 0 Å². The molecule has 1 unspecified atom stereocenters. The molecule has 1 aromatic rings. The summed E-state index contributed by atoms with van der Waals surface area (Å²) in [5.41, 5.74) is 10.1. The van der Waals surface area contributed by atoms with Crippen LogP contribution in [-0.2, 0) is 0 Å². The first-order valence-corrected chi connectivity index (χ1v) is 6.21. The van der Waals surface area contributed by atoms with Gasteiger partial charge < -0.3 is 5.73 Å². The summed E-state index contributed by atoms with van der Waals surface area (Å²) >= 11 is 1.90. The fourth-order valence-electron chi connectivity index (χ4n) is 1.51. The third-order valence-electron chi connectivity index (χ3n) is 2.55. The predicted molar refractivity (Wildman–Crippen MR) is 65.8 cm³/mol. The second-order valence-electron chi connectivity index (χ2n) is 3.56. The third-order valence-corrected chi connectivity index (χ3v) is 3.55. The van der Waals surface area contributed by atoms with E-state index in [2.05, 4.69) is 39.0 Å². The first kappa shape index (κ1) is 11.6. The highest BCUT2D eigenvalue weighted by Crippen LogP contribution is 2.21. The first-order valence-electron chi connectivity index (χ1n) is 5.06. The van der Waals surface area contributed by atoms with Crippen LogP contribution in [0.25, 0.3) is 0 Å². The van der Waals surface area contributed by atoms with E-state index in [1.165, 1.54) is 16.7 Å². The summed E-state index contributed by atoms with van der Waals surface area (Å²) in [4.78, 5) is 0. The van der Waals surface area contributed by atoms with Crippen molar-refractivity contribution in [2.45, 2.75) is 26.8 Å². The Morgan fingerprint density at radius 2 is 2.07 bits per heavy atom. The van der Waals surface area contributed by atoms with Crippen LogP contribution in [0, 0.1) is 13.8 Å². The van der Waals surface area contributed by atoms with Crippen LogP contribution >= 0.6 is 11.8 Å². The minimum absolute atomic E-state index is 0.180. The summed E-state index contributed by atoms with van der Waals surface area (Å²) in [5, 5.41) is 0. The van der Waals surface area contributed by atoms with Gasteiger partial charge in [-0.3, -0.25) is 0 Å². The van der Waals surface area contributed by atoms with Gasteiger partial charge in [-0.1, -0.05) is 25.1 Å². The molecule has 0 saturated carbocycles. The summed E-state index contributed by atoms with van der Waals surface area (Å²) < 4.78 is 0. The molecule has 0 fully saturated rings. The zero-order chi connectivity index (χ0) is 10.6. The highest BCUT2D eigenvalue weighted by atomic mass is 32.2. The van der Waals surface area contributed by atoms with Gasteiger partial charge in [-0.15, -0.1) is 0 Å². The molecule has 0 radical (unpaired) electrons. The van der Waals surface area contributed by atoms with Crippen LogP contribution in [0.5, 0.6) is 0 Å². The Bertz CT molecular complexity index is 296. The Morgan fingerprint density at radius 3 is 2.71 bits per heavy atom. The predicted octanol–water partition coefficient (Wildman–Crippen LogP) is 3.06. The van der Waals surface area contributed by atoms with Gasteiger partial charge >= 0.3 is 0 Å². The molecule has 1 aromatic carbocycles. The van der Waals surface area contributed by atoms with Gasteiger partial charge in [0.2, 0.25) is 0 Å². The summed E-state index contributed by atoms with van der Waals surface area (Å²) in [5.74, 6) is 2.15. The molecule has 78 valence electrons. The van der Waals surface area contributed by atoms with Gasteiger partial charge in [0.25, 0.3) is 0 Å². The molecule has 0 bridgehead atoms. The average Bonchev–Trinajstić information content (AvgIpc) is 2.18. The fraction of sp³-hybridized carbons (Fsp3) is 0.500. The molecule has 0 aliphatic rings. The normalized spacial score (nSPS) is 12.9. The Morgan fingerprint density at radius 1 is 1.36 bits per heavy atom. The smallest absolute Gasteiger partial charge is 0.0389 e. The van der Waals surface area contributed by atoms with Crippen molar-refractivity contribution in [2.75, 3.05) is 11.5 Å². The van der Waals surface area contributed by atoms with E-state index in [1.54, 1.807) is 0 Å². The molecular weight excluding hydrogens is 190 g/mol. The minimum atomic E-state index is 0.180. The van der Waals surface area contributed by atoms with Crippen LogP contribution in [0.2, 0.25) is 0 Å². The molecule has 2 heteroatoms. The van der Waals surface area contributed by atoms with E-state index in [9.17, 15) is 0 Å². The van der Waals surface area contributed by atoms with Crippen molar-refractivity contribution < 1.29 is 0 Å². The van der Waals surface area contributed by atoms with Crippen molar-refractivity contribution in [1.82, 2.24) is 0 Å². The van der Waals surface area contributed by atoms with Crippen molar-refractivity contribution >= 4 is 11.8 Å². The molecule has 0 saturated heterocycles. The number of hydrogen-bond acceptors (Lipinski definition) is 2. The van der Waals surface area contributed by atoms with Gasteiger partial charge in [-0.2, -0.15) is 11.8 Å². The molecular formula is C12H19NS. The SMILES string of the molecule is CCSCC(N)c1cccc(C)c1C. The minimum Gasteiger partial charge on any atom is -0.323 e. The first-order chi connectivity index (χ1) is 6.66. The Hall–Kier alpha value is -0.470. The molecule has 2 N–H and O–H groups in total. The fourth-order valence-corrected chi connectivity index (χ4v) is 2.18. The van der Waals surface area contributed by atoms with Crippen molar-refractivity contribution in [3.8, 4) is 0 Å². The van der Waals surface area contributed by atoms with Crippen LogP contribution in [-0.4, -0.2) is 11.5 Å². The lowest BCUT2D eigenvalue weighted by Gasteiger charge is -2.15.